The normalized spacial score (nSPS) is 10.8. The fourth-order valence-corrected chi connectivity index (χ4v) is 1.92. The number of nitrogens with zero attached hydrogens (tertiary/aromatic N) is 2. The second-order valence-electron chi connectivity index (χ2n) is 4.04. The van der Waals surface area contributed by atoms with E-state index in [-0.39, 0.29) is 46.4 Å². The highest BCUT2D eigenvalue weighted by molar-refractivity contribution is 5.73. The van der Waals surface area contributed by atoms with E-state index in [4.69, 9.17) is 15.0 Å². The first-order valence-corrected chi connectivity index (χ1v) is 5.59. The van der Waals surface area contributed by atoms with Crippen molar-refractivity contribution in [2.45, 2.75) is 20.4 Å². The van der Waals surface area contributed by atoms with Crippen LogP contribution < -0.4 is 10.5 Å². The Hall–Kier alpha value is -2.15. The molecule has 102 valence electrons. The van der Waals surface area contributed by atoms with Crippen molar-refractivity contribution in [2.24, 2.45) is 5.73 Å². The number of phenols is 1. The number of hydrogen-bond acceptors (Lipinski definition) is 6. The third-order valence-corrected chi connectivity index (χ3v) is 2.90. The molecule has 7 heteroatoms. The number of ether oxygens (including phenoxy) is 1. The molecule has 1 aromatic carbocycles. The highest BCUT2D eigenvalue weighted by Gasteiger charge is 2.24. The fourth-order valence-electron chi connectivity index (χ4n) is 1.92. The molecule has 2 aromatic rings. The van der Waals surface area contributed by atoms with Crippen LogP contribution >= 0.6 is 0 Å². The largest absolute Gasteiger partial charge is 0.504 e. The smallest absolute Gasteiger partial charge is 0.240 e. The molecule has 0 unspecified atom stereocenters. The molecule has 6 nitrogen and oxygen atoms in total. The number of methoxy groups -OCH3 is 1. The molecule has 3 N–H and O–H groups in total. The predicted molar refractivity (Wildman–Crippen MR) is 65.3 cm³/mol. The van der Waals surface area contributed by atoms with Crippen molar-refractivity contribution in [3.05, 3.63) is 22.8 Å². The van der Waals surface area contributed by atoms with E-state index in [1.807, 2.05) is 0 Å². The van der Waals surface area contributed by atoms with Gasteiger partial charge in [-0.25, -0.2) is 4.39 Å². The maximum atomic E-state index is 14.1. The van der Waals surface area contributed by atoms with Crippen molar-refractivity contribution >= 4 is 0 Å². The standard InChI is InChI=1S/C12H14FN3O3/c1-5-8(12-15-7(4-14)19-16-12)10(17)11(18-3)6(2)9(5)13/h17H,4,14H2,1-3H3. The molecule has 0 fully saturated rings. The quantitative estimate of drug-likeness (QED) is 0.878. The van der Waals surface area contributed by atoms with E-state index < -0.39 is 5.82 Å². The monoisotopic (exact) mass is 267 g/mol. The van der Waals surface area contributed by atoms with Crippen LogP contribution in [0, 0.1) is 19.7 Å². The van der Waals surface area contributed by atoms with Gasteiger partial charge in [0.05, 0.1) is 19.2 Å². The van der Waals surface area contributed by atoms with Gasteiger partial charge in [-0.15, -0.1) is 0 Å². The maximum Gasteiger partial charge on any atom is 0.240 e. The average molecular weight is 267 g/mol. The lowest BCUT2D eigenvalue weighted by atomic mass is 10.0. The molecule has 0 saturated heterocycles. The van der Waals surface area contributed by atoms with Crippen molar-refractivity contribution < 1.29 is 18.8 Å². The minimum atomic E-state index is -0.483. The molecular weight excluding hydrogens is 253 g/mol. The zero-order valence-corrected chi connectivity index (χ0v) is 10.8. The second kappa shape index (κ2) is 4.85. The van der Waals surface area contributed by atoms with Crippen molar-refractivity contribution in [2.75, 3.05) is 7.11 Å². The number of nitrogens with two attached hydrogens (primary N) is 1. The van der Waals surface area contributed by atoms with Crippen LogP contribution in [0.25, 0.3) is 11.4 Å². The predicted octanol–water partition coefficient (Wildman–Crippen LogP) is 1.67. The molecule has 1 aromatic heterocycles. The number of hydrogen-bond donors (Lipinski definition) is 2. The molecule has 2 rings (SSSR count). The number of benzene rings is 1. The molecule has 0 aliphatic heterocycles. The first-order valence-electron chi connectivity index (χ1n) is 5.59. The molecule has 1 heterocycles. The van der Waals surface area contributed by atoms with E-state index >= 15 is 0 Å². The third kappa shape index (κ3) is 2.01. The van der Waals surface area contributed by atoms with Gasteiger partial charge in [-0.1, -0.05) is 5.16 Å². The lowest BCUT2D eigenvalue weighted by Crippen LogP contribution is -2.00. The Kier molecular flexibility index (Phi) is 3.39. The van der Waals surface area contributed by atoms with Gasteiger partial charge in [-0.05, 0) is 13.8 Å². The van der Waals surface area contributed by atoms with E-state index in [1.54, 1.807) is 0 Å². The lowest BCUT2D eigenvalue weighted by Gasteiger charge is -2.13. The second-order valence-corrected chi connectivity index (χ2v) is 4.04. The average Bonchev–Trinajstić information content (AvgIpc) is 2.86. The van der Waals surface area contributed by atoms with E-state index in [9.17, 15) is 9.50 Å². The highest BCUT2D eigenvalue weighted by Crippen LogP contribution is 2.42. The minimum Gasteiger partial charge on any atom is -0.504 e. The van der Waals surface area contributed by atoms with E-state index in [0.717, 1.165) is 0 Å². The number of halogens is 1. The van der Waals surface area contributed by atoms with Gasteiger partial charge in [-0.2, -0.15) is 4.98 Å². The first-order chi connectivity index (χ1) is 9.01. The summed E-state index contributed by atoms with van der Waals surface area (Å²) >= 11 is 0. The molecule has 0 aliphatic rings. The van der Waals surface area contributed by atoms with Crippen LogP contribution in [0.4, 0.5) is 4.39 Å². The van der Waals surface area contributed by atoms with Gasteiger partial charge in [-0.3, -0.25) is 0 Å². The summed E-state index contributed by atoms with van der Waals surface area (Å²) in [6, 6.07) is 0. The zero-order valence-electron chi connectivity index (χ0n) is 10.8. The molecule has 19 heavy (non-hydrogen) atoms. The van der Waals surface area contributed by atoms with Gasteiger partial charge in [0.2, 0.25) is 11.7 Å². The van der Waals surface area contributed by atoms with Crippen molar-refractivity contribution in [1.29, 1.82) is 0 Å². The minimum absolute atomic E-state index is 0.0530. The highest BCUT2D eigenvalue weighted by atomic mass is 19.1. The summed E-state index contributed by atoms with van der Waals surface area (Å²) in [4.78, 5) is 3.98. The van der Waals surface area contributed by atoms with E-state index in [2.05, 4.69) is 10.1 Å². The maximum absolute atomic E-state index is 14.1. The summed E-state index contributed by atoms with van der Waals surface area (Å²) in [6.07, 6.45) is 0. The van der Waals surface area contributed by atoms with Crippen LogP contribution in [0.1, 0.15) is 17.0 Å². The Morgan fingerprint density at radius 2 is 2.05 bits per heavy atom. The van der Waals surface area contributed by atoms with Gasteiger partial charge in [0, 0.05) is 11.1 Å². The van der Waals surface area contributed by atoms with E-state index in [0.29, 0.717) is 0 Å². The molecule has 0 saturated carbocycles. The van der Waals surface area contributed by atoms with Crippen LogP contribution in [0.5, 0.6) is 11.5 Å². The van der Waals surface area contributed by atoms with Crippen LogP contribution in [0.2, 0.25) is 0 Å². The molecule has 0 bridgehead atoms. The summed E-state index contributed by atoms with van der Waals surface area (Å²) in [5.74, 6) is -0.370. The Bertz CT molecular complexity index is 625. The van der Waals surface area contributed by atoms with Gasteiger partial charge < -0.3 is 20.1 Å². The molecule has 0 aliphatic carbocycles. The SMILES string of the molecule is COc1c(C)c(F)c(C)c(-c2noc(CN)n2)c1O. The van der Waals surface area contributed by atoms with Crippen LogP contribution in [0.3, 0.4) is 0 Å². The van der Waals surface area contributed by atoms with Crippen molar-refractivity contribution in [3.63, 3.8) is 0 Å². The van der Waals surface area contributed by atoms with Crippen LogP contribution in [0.15, 0.2) is 4.52 Å². The topological polar surface area (TPSA) is 94.4 Å². The summed E-state index contributed by atoms with van der Waals surface area (Å²) < 4.78 is 24.0. The van der Waals surface area contributed by atoms with Gasteiger partial charge in [0.1, 0.15) is 5.82 Å². The number of aromatic nitrogens is 2. The summed E-state index contributed by atoms with van der Waals surface area (Å²) in [7, 11) is 1.35. The van der Waals surface area contributed by atoms with Crippen molar-refractivity contribution in [1.82, 2.24) is 10.1 Å². The van der Waals surface area contributed by atoms with Crippen molar-refractivity contribution in [3.8, 4) is 22.9 Å². The van der Waals surface area contributed by atoms with Crippen LogP contribution in [-0.4, -0.2) is 22.4 Å². The van der Waals surface area contributed by atoms with Gasteiger partial charge >= 0.3 is 0 Å². The third-order valence-electron chi connectivity index (χ3n) is 2.90. The van der Waals surface area contributed by atoms with Gasteiger partial charge in [0.25, 0.3) is 0 Å². The van der Waals surface area contributed by atoms with Crippen LogP contribution in [-0.2, 0) is 6.54 Å². The molecular formula is C12H14FN3O3. The Morgan fingerprint density at radius 3 is 2.58 bits per heavy atom. The zero-order chi connectivity index (χ0) is 14.2. The first kappa shape index (κ1) is 13.3. The Balaban J connectivity index is 2.72. The number of phenolic OH excluding ortho intramolecular Hbond substituents is 1. The Morgan fingerprint density at radius 1 is 1.37 bits per heavy atom. The number of aromatic hydroxyl groups is 1. The van der Waals surface area contributed by atoms with E-state index in [1.165, 1.54) is 21.0 Å². The summed E-state index contributed by atoms with van der Waals surface area (Å²) in [6.45, 7) is 3.11. The Labute approximate surface area is 109 Å². The number of rotatable bonds is 3. The molecule has 0 atom stereocenters. The lowest BCUT2D eigenvalue weighted by molar-refractivity contribution is 0.365. The molecule has 0 spiro atoms. The fraction of sp³-hybridized carbons (Fsp3) is 0.333. The summed E-state index contributed by atoms with van der Waals surface area (Å²) in [5.41, 5.74) is 5.96. The van der Waals surface area contributed by atoms with Gasteiger partial charge in [0.15, 0.2) is 11.5 Å². The molecule has 0 radical (unpaired) electrons. The molecule has 0 amide bonds. The summed E-state index contributed by atoms with van der Waals surface area (Å²) in [5, 5.41) is 13.8.